The number of aryl methyl sites for hydroxylation is 1. The van der Waals surface area contributed by atoms with E-state index < -0.39 is 10.0 Å². The van der Waals surface area contributed by atoms with Gasteiger partial charge < -0.3 is 5.32 Å². The molecule has 0 aliphatic heterocycles. The molecule has 106 valence electrons. The van der Waals surface area contributed by atoms with Gasteiger partial charge in [0.2, 0.25) is 10.0 Å². The molecule has 6 nitrogen and oxygen atoms in total. The fourth-order valence-corrected chi connectivity index (χ4v) is 3.22. The van der Waals surface area contributed by atoms with Crippen molar-refractivity contribution >= 4 is 15.8 Å². The Hall–Kier alpha value is -1.21. The Bertz CT molecular complexity index is 531. The minimum atomic E-state index is -3.18. The molecule has 0 unspecified atom stereocenters. The maximum atomic E-state index is 11.5. The summed E-state index contributed by atoms with van der Waals surface area (Å²) in [7, 11) is -3.18. The van der Waals surface area contributed by atoms with Crippen LogP contribution in [-0.2, 0) is 22.9 Å². The van der Waals surface area contributed by atoms with Gasteiger partial charge in [-0.15, -0.1) is 0 Å². The highest BCUT2D eigenvalue weighted by molar-refractivity contribution is 7.89. The number of nitrogens with one attached hydrogen (secondary N) is 2. The molecular weight excluding hydrogens is 264 g/mol. The van der Waals surface area contributed by atoms with E-state index in [-0.39, 0.29) is 5.75 Å². The van der Waals surface area contributed by atoms with Crippen LogP contribution in [0.2, 0.25) is 0 Å². The Morgan fingerprint density at radius 2 is 2.05 bits per heavy atom. The maximum absolute atomic E-state index is 11.5. The summed E-state index contributed by atoms with van der Waals surface area (Å²) in [5.41, 5.74) is 2.24. The molecule has 0 spiro atoms. The Labute approximate surface area is 114 Å². The molecule has 0 atom stereocenters. The van der Waals surface area contributed by atoms with Crippen LogP contribution in [0, 0.1) is 0 Å². The first kappa shape index (κ1) is 14.2. The van der Waals surface area contributed by atoms with Gasteiger partial charge in [-0.25, -0.2) is 23.1 Å². The standard InChI is InChI=1S/C12H20N4O2S/c1-2-16-19(17,18)8-7-13-12-10-5-3-4-6-11(10)14-9-15-12/h9,16H,2-8H2,1H3,(H,13,14,15). The third-order valence-electron chi connectivity index (χ3n) is 3.15. The molecule has 19 heavy (non-hydrogen) atoms. The lowest BCUT2D eigenvalue weighted by molar-refractivity contribution is 0.584. The summed E-state index contributed by atoms with van der Waals surface area (Å²) >= 11 is 0. The summed E-state index contributed by atoms with van der Waals surface area (Å²) in [4.78, 5) is 8.50. The van der Waals surface area contributed by atoms with Crippen molar-refractivity contribution in [1.82, 2.24) is 14.7 Å². The molecule has 0 fully saturated rings. The van der Waals surface area contributed by atoms with Crippen LogP contribution < -0.4 is 10.0 Å². The Balaban J connectivity index is 1.97. The second kappa shape index (κ2) is 6.29. The average molecular weight is 284 g/mol. The summed E-state index contributed by atoms with van der Waals surface area (Å²) in [5.74, 6) is 0.844. The minimum Gasteiger partial charge on any atom is -0.369 e. The third-order valence-corrected chi connectivity index (χ3v) is 4.62. The molecular formula is C12H20N4O2S. The van der Waals surface area contributed by atoms with Crippen LogP contribution in [0.4, 0.5) is 5.82 Å². The van der Waals surface area contributed by atoms with E-state index in [1.807, 2.05) is 0 Å². The molecule has 0 bridgehead atoms. The Kier molecular flexibility index (Phi) is 4.71. The van der Waals surface area contributed by atoms with E-state index >= 15 is 0 Å². The monoisotopic (exact) mass is 284 g/mol. The smallest absolute Gasteiger partial charge is 0.213 e. The summed E-state index contributed by atoms with van der Waals surface area (Å²) in [6.07, 6.45) is 5.81. The predicted octanol–water partition coefficient (Wildman–Crippen LogP) is 0.707. The van der Waals surface area contributed by atoms with Crippen molar-refractivity contribution in [2.45, 2.75) is 32.6 Å². The molecule has 1 aromatic rings. The first-order valence-corrected chi connectivity index (χ1v) is 8.31. The molecule has 0 saturated carbocycles. The van der Waals surface area contributed by atoms with E-state index in [9.17, 15) is 8.42 Å². The van der Waals surface area contributed by atoms with Crippen LogP contribution in [0.1, 0.15) is 31.0 Å². The topological polar surface area (TPSA) is 84.0 Å². The van der Waals surface area contributed by atoms with Gasteiger partial charge in [0.1, 0.15) is 12.1 Å². The lowest BCUT2D eigenvalue weighted by atomic mass is 9.96. The highest BCUT2D eigenvalue weighted by atomic mass is 32.2. The molecule has 7 heteroatoms. The van der Waals surface area contributed by atoms with E-state index in [1.165, 1.54) is 0 Å². The summed E-state index contributed by atoms with van der Waals surface area (Å²) in [5, 5.41) is 3.12. The average Bonchev–Trinajstić information content (AvgIpc) is 2.39. The first-order valence-electron chi connectivity index (χ1n) is 6.66. The Morgan fingerprint density at radius 1 is 1.26 bits per heavy atom. The molecule has 0 amide bonds. The Morgan fingerprint density at radius 3 is 2.84 bits per heavy atom. The van der Waals surface area contributed by atoms with E-state index in [1.54, 1.807) is 13.3 Å². The predicted molar refractivity (Wildman–Crippen MR) is 74.6 cm³/mol. The highest BCUT2D eigenvalue weighted by Gasteiger charge is 2.15. The number of hydrogen-bond acceptors (Lipinski definition) is 5. The fourth-order valence-electron chi connectivity index (χ4n) is 2.27. The molecule has 0 saturated heterocycles. The minimum absolute atomic E-state index is 0.0552. The van der Waals surface area contributed by atoms with Gasteiger partial charge in [-0.2, -0.15) is 0 Å². The van der Waals surface area contributed by atoms with Gasteiger partial charge in [0, 0.05) is 24.3 Å². The number of hydrogen-bond donors (Lipinski definition) is 2. The molecule has 1 aromatic heterocycles. The lowest BCUT2D eigenvalue weighted by Crippen LogP contribution is -2.29. The zero-order valence-electron chi connectivity index (χ0n) is 11.1. The van der Waals surface area contributed by atoms with Gasteiger partial charge in [-0.1, -0.05) is 6.92 Å². The van der Waals surface area contributed by atoms with E-state index in [4.69, 9.17) is 0 Å². The van der Waals surface area contributed by atoms with Gasteiger partial charge in [0.15, 0.2) is 0 Å². The van der Waals surface area contributed by atoms with Crippen LogP contribution in [0.25, 0.3) is 0 Å². The summed E-state index contributed by atoms with van der Waals surface area (Å²) in [6, 6.07) is 0. The van der Waals surface area contributed by atoms with Crippen molar-refractivity contribution in [3.05, 3.63) is 17.6 Å². The van der Waals surface area contributed by atoms with Crippen molar-refractivity contribution in [2.75, 3.05) is 24.2 Å². The zero-order chi connectivity index (χ0) is 13.7. The van der Waals surface area contributed by atoms with Crippen LogP contribution in [0.15, 0.2) is 6.33 Å². The zero-order valence-corrected chi connectivity index (χ0v) is 12.0. The number of rotatable bonds is 6. The molecule has 1 heterocycles. The van der Waals surface area contributed by atoms with Crippen LogP contribution in [0.3, 0.4) is 0 Å². The molecule has 0 radical (unpaired) electrons. The van der Waals surface area contributed by atoms with Gasteiger partial charge in [-0.05, 0) is 25.7 Å². The summed E-state index contributed by atoms with van der Waals surface area (Å²) in [6.45, 7) is 2.55. The van der Waals surface area contributed by atoms with Gasteiger partial charge >= 0.3 is 0 Å². The molecule has 1 aliphatic carbocycles. The van der Waals surface area contributed by atoms with E-state index in [0.717, 1.165) is 42.8 Å². The van der Waals surface area contributed by atoms with Crippen LogP contribution in [-0.4, -0.2) is 37.2 Å². The first-order chi connectivity index (χ1) is 9.12. The van der Waals surface area contributed by atoms with E-state index in [2.05, 4.69) is 20.0 Å². The number of nitrogens with zero attached hydrogens (tertiary/aromatic N) is 2. The largest absolute Gasteiger partial charge is 0.369 e. The van der Waals surface area contributed by atoms with Crippen molar-refractivity contribution < 1.29 is 8.42 Å². The second-order valence-corrected chi connectivity index (χ2v) is 6.52. The third kappa shape index (κ3) is 3.87. The maximum Gasteiger partial charge on any atom is 0.213 e. The van der Waals surface area contributed by atoms with Gasteiger partial charge in [-0.3, -0.25) is 0 Å². The normalized spacial score (nSPS) is 15.0. The summed E-state index contributed by atoms with van der Waals surface area (Å²) < 4.78 is 25.5. The SMILES string of the molecule is CCNS(=O)(=O)CCNc1ncnc2c1CCCC2. The van der Waals surface area contributed by atoms with Crippen LogP contribution >= 0.6 is 0 Å². The number of aromatic nitrogens is 2. The molecule has 2 N–H and O–H groups in total. The van der Waals surface area contributed by atoms with Gasteiger partial charge in [0.05, 0.1) is 5.75 Å². The highest BCUT2D eigenvalue weighted by Crippen LogP contribution is 2.24. The fraction of sp³-hybridized carbons (Fsp3) is 0.667. The number of sulfonamides is 1. The van der Waals surface area contributed by atoms with E-state index in [0.29, 0.717) is 13.1 Å². The number of fused-ring (bicyclic) bond motifs is 1. The van der Waals surface area contributed by atoms with Crippen molar-refractivity contribution in [1.29, 1.82) is 0 Å². The lowest BCUT2D eigenvalue weighted by Gasteiger charge is -2.18. The molecule has 2 rings (SSSR count). The molecule has 1 aliphatic rings. The van der Waals surface area contributed by atoms with Gasteiger partial charge in [0.25, 0.3) is 0 Å². The quantitative estimate of drug-likeness (QED) is 0.803. The van der Waals surface area contributed by atoms with Crippen molar-refractivity contribution in [3.8, 4) is 0 Å². The van der Waals surface area contributed by atoms with Crippen molar-refractivity contribution in [3.63, 3.8) is 0 Å². The molecule has 0 aromatic carbocycles. The van der Waals surface area contributed by atoms with Crippen molar-refractivity contribution in [2.24, 2.45) is 0 Å². The van der Waals surface area contributed by atoms with Crippen LogP contribution in [0.5, 0.6) is 0 Å². The number of anilines is 1. The second-order valence-electron chi connectivity index (χ2n) is 4.60.